The van der Waals surface area contributed by atoms with Gasteiger partial charge in [0.25, 0.3) is 0 Å². The number of ether oxygens (including phenoxy) is 5. The molecular weight excluding hydrogens is 688 g/mol. The Bertz CT molecular complexity index is 936. The third-order valence-electron chi connectivity index (χ3n) is 10.2. The molecule has 0 spiro atoms. The highest BCUT2D eigenvalue weighted by atomic mass is 16.8. The number of carbonyl (C=O) groups excluding carboxylic acids is 1. The van der Waals surface area contributed by atoms with E-state index >= 15 is 0 Å². The smallest absolute Gasteiger partial charge is 0.305 e. The number of unbranched alkanes of at least 4 members (excludes halogenated alkanes) is 16. The normalized spacial score (nSPS) is 29.8. The van der Waals surface area contributed by atoms with E-state index in [2.05, 4.69) is 19.1 Å². The van der Waals surface area contributed by atoms with E-state index in [1.807, 2.05) is 6.92 Å². The molecule has 7 N–H and O–H groups in total. The number of carbonyl (C=O) groups is 1. The molecule has 0 bridgehead atoms. The van der Waals surface area contributed by atoms with Gasteiger partial charge in [0, 0.05) is 6.42 Å². The van der Waals surface area contributed by atoms with Crippen LogP contribution in [-0.4, -0.2) is 129 Å². The van der Waals surface area contributed by atoms with E-state index in [9.17, 15) is 40.5 Å². The lowest BCUT2D eigenvalue weighted by Crippen LogP contribution is -2.64. The van der Waals surface area contributed by atoms with Crippen LogP contribution in [0.5, 0.6) is 0 Å². The Kier molecular flexibility index (Phi) is 26.3. The van der Waals surface area contributed by atoms with E-state index in [4.69, 9.17) is 23.7 Å². The zero-order valence-corrected chi connectivity index (χ0v) is 32.6. The SMILES string of the molecule is CCCCCCCCCCOC(=O)CCCCCCC/C=C\CCCCCCC(C)O[C@@H]1O[C@H](CO)[C@@H](O)[C@H](O)[C@H]1O[C@@H]1O[C@H](CO)[C@@H](O)[C@H](O)[C@H]1O. The second-order valence-corrected chi connectivity index (χ2v) is 14.9. The van der Waals surface area contributed by atoms with Gasteiger partial charge in [0.15, 0.2) is 12.6 Å². The molecule has 0 aliphatic carbocycles. The number of aliphatic hydroxyl groups is 7. The van der Waals surface area contributed by atoms with Gasteiger partial charge in [0.1, 0.15) is 48.8 Å². The highest BCUT2D eigenvalue weighted by molar-refractivity contribution is 5.69. The van der Waals surface area contributed by atoms with E-state index in [-0.39, 0.29) is 12.1 Å². The van der Waals surface area contributed by atoms with Crippen molar-refractivity contribution in [1.82, 2.24) is 0 Å². The van der Waals surface area contributed by atoms with Crippen LogP contribution in [0.1, 0.15) is 149 Å². The Labute approximate surface area is 318 Å². The van der Waals surface area contributed by atoms with Gasteiger partial charge in [-0.15, -0.1) is 0 Å². The molecule has 2 aliphatic rings. The summed E-state index contributed by atoms with van der Waals surface area (Å²) < 4.78 is 28.3. The van der Waals surface area contributed by atoms with E-state index < -0.39 is 74.6 Å². The minimum absolute atomic E-state index is 0.0525. The van der Waals surface area contributed by atoms with Crippen LogP contribution in [0.2, 0.25) is 0 Å². The lowest BCUT2D eigenvalue weighted by Gasteiger charge is -2.46. The molecular formula is C40H74O13. The Morgan fingerprint density at radius 3 is 1.74 bits per heavy atom. The third kappa shape index (κ3) is 19.0. The molecule has 13 nitrogen and oxygen atoms in total. The first-order valence-electron chi connectivity index (χ1n) is 20.7. The fourth-order valence-electron chi connectivity index (χ4n) is 6.78. The average Bonchev–Trinajstić information content (AvgIpc) is 3.15. The van der Waals surface area contributed by atoms with Crippen LogP contribution in [-0.2, 0) is 28.5 Å². The minimum Gasteiger partial charge on any atom is -0.466 e. The molecule has 0 aromatic rings. The Morgan fingerprint density at radius 1 is 0.623 bits per heavy atom. The van der Waals surface area contributed by atoms with Crippen molar-refractivity contribution < 1.29 is 64.2 Å². The molecule has 2 fully saturated rings. The van der Waals surface area contributed by atoms with Crippen LogP contribution in [0, 0.1) is 0 Å². The summed E-state index contributed by atoms with van der Waals surface area (Å²) in [4.78, 5) is 11.9. The number of allylic oxidation sites excluding steroid dienone is 2. The fraction of sp³-hybridized carbons (Fsp3) is 0.925. The summed E-state index contributed by atoms with van der Waals surface area (Å²) in [5.41, 5.74) is 0. The van der Waals surface area contributed by atoms with Crippen LogP contribution < -0.4 is 0 Å². The van der Waals surface area contributed by atoms with Crippen LogP contribution in [0.25, 0.3) is 0 Å². The number of hydrogen-bond donors (Lipinski definition) is 7. The van der Waals surface area contributed by atoms with Gasteiger partial charge in [-0.2, -0.15) is 0 Å². The second-order valence-electron chi connectivity index (χ2n) is 14.9. The zero-order valence-electron chi connectivity index (χ0n) is 32.6. The molecule has 0 amide bonds. The Hall–Kier alpha value is -1.23. The van der Waals surface area contributed by atoms with Crippen molar-refractivity contribution in [3.05, 3.63) is 12.2 Å². The molecule has 0 aromatic heterocycles. The van der Waals surface area contributed by atoms with Crippen LogP contribution >= 0.6 is 0 Å². The molecule has 2 rings (SSSR count). The van der Waals surface area contributed by atoms with E-state index in [0.717, 1.165) is 77.0 Å². The summed E-state index contributed by atoms with van der Waals surface area (Å²) in [5, 5.41) is 71.0. The van der Waals surface area contributed by atoms with Gasteiger partial charge in [-0.1, -0.05) is 103 Å². The molecule has 13 heteroatoms. The molecule has 0 saturated carbocycles. The van der Waals surface area contributed by atoms with Crippen molar-refractivity contribution >= 4 is 5.97 Å². The predicted octanol–water partition coefficient (Wildman–Crippen LogP) is 4.33. The molecule has 11 atom stereocenters. The van der Waals surface area contributed by atoms with Gasteiger partial charge in [-0.05, 0) is 51.9 Å². The van der Waals surface area contributed by atoms with Crippen molar-refractivity contribution in [2.75, 3.05) is 19.8 Å². The van der Waals surface area contributed by atoms with Crippen LogP contribution in [0.3, 0.4) is 0 Å². The molecule has 2 saturated heterocycles. The monoisotopic (exact) mass is 763 g/mol. The summed E-state index contributed by atoms with van der Waals surface area (Å²) in [6, 6.07) is 0. The highest BCUT2D eigenvalue weighted by Crippen LogP contribution is 2.30. The summed E-state index contributed by atoms with van der Waals surface area (Å²) in [6.45, 7) is 3.41. The van der Waals surface area contributed by atoms with E-state index in [1.165, 1.54) is 44.9 Å². The van der Waals surface area contributed by atoms with Gasteiger partial charge < -0.3 is 59.4 Å². The fourth-order valence-corrected chi connectivity index (χ4v) is 6.78. The maximum atomic E-state index is 11.9. The first kappa shape index (κ1) is 47.9. The minimum atomic E-state index is -1.71. The molecule has 53 heavy (non-hydrogen) atoms. The van der Waals surface area contributed by atoms with Gasteiger partial charge in [-0.25, -0.2) is 0 Å². The first-order chi connectivity index (χ1) is 25.6. The summed E-state index contributed by atoms with van der Waals surface area (Å²) in [5.74, 6) is -0.0525. The predicted molar refractivity (Wildman–Crippen MR) is 200 cm³/mol. The van der Waals surface area contributed by atoms with Gasteiger partial charge in [-0.3, -0.25) is 4.79 Å². The van der Waals surface area contributed by atoms with Crippen molar-refractivity contribution in [2.24, 2.45) is 0 Å². The van der Waals surface area contributed by atoms with Crippen molar-refractivity contribution in [3.8, 4) is 0 Å². The maximum Gasteiger partial charge on any atom is 0.305 e. The van der Waals surface area contributed by atoms with Crippen molar-refractivity contribution in [2.45, 2.75) is 216 Å². The van der Waals surface area contributed by atoms with Crippen LogP contribution in [0.15, 0.2) is 12.2 Å². The van der Waals surface area contributed by atoms with E-state index in [0.29, 0.717) is 19.4 Å². The summed E-state index contributed by atoms with van der Waals surface area (Å²) in [6.07, 6.45) is 12.3. The lowest BCUT2D eigenvalue weighted by molar-refractivity contribution is -0.371. The largest absolute Gasteiger partial charge is 0.466 e. The van der Waals surface area contributed by atoms with Crippen molar-refractivity contribution in [3.63, 3.8) is 0 Å². The number of hydrogen-bond acceptors (Lipinski definition) is 13. The zero-order chi connectivity index (χ0) is 38.8. The molecule has 0 radical (unpaired) electrons. The quantitative estimate of drug-likeness (QED) is 0.0310. The Morgan fingerprint density at radius 2 is 1.13 bits per heavy atom. The maximum absolute atomic E-state index is 11.9. The summed E-state index contributed by atoms with van der Waals surface area (Å²) >= 11 is 0. The standard InChI is InChI=1S/C40H74O13/c1-3-4-5-6-7-17-20-23-26-49-32(43)25-22-19-16-14-12-10-8-9-11-13-15-18-21-24-29(2)50-40-38(36(47)34(45)31(28-42)52-40)53-39-37(48)35(46)33(44)30(27-41)51-39/h8-9,29-31,33-42,44-48H,3-7,10-28H2,1-2H3/b9-8-/t29?,30-,31-,33-,34-,35+,36+,37-,38-,39+,40-/m1/s1. The topological polar surface area (TPSA) is 205 Å². The van der Waals surface area contributed by atoms with Gasteiger partial charge in [0.05, 0.1) is 25.9 Å². The molecule has 0 aromatic carbocycles. The number of aliphatic hydroxyl groups excluding tert-OH is 7. The molecule has 312 valence electrons. The summed E-state index contributed by atoms with van der Waals surface area (Å²) in [7, 11) is 0. The Balaban J connectivity index is 1.52. The van der Waals surface area contributed by atoms with Crippen molar-refractivity contribution in [1.29, 1.82) is 0 Å². The molecule has 2 heterocycles. The highest BCUT2D eigenvalue weighted by Gasteiger charge is 2.51. The number of esters is 1. The van der Waals surface area contributed by atoms with Crippen LogP contribution in [0.4, 0.5) is 0 Å². The lowest BCUT2D eigenvalue weighted by atomic mass is 9.97. The first-order valence-corrected chi connectivity index (χ1v) is 20.7. The average molecular weight is 763 g/mol. The van der Waals surface area contributed by atoms with Gasteiger partial charge in [0.2, 0.25) is 0 Å². The molecule has 1 unspecified atom stereocenters. The molecule has 2 aliphatic heterocycles. The number of rotatable bonds is 30. The third-order valence-corrected chi connectivity index (χ3v) is 10.2. The van der Waals surface area contributed by atoms with Gasteiger partial charge >= 0.3 is 5.97 Å². The second kappa shape index (κ2) is 29.1. The van der Waals surface area contributed by atoms with E-state index in [1.54, 1.807) is 0 Å².